The molecule has 0 aliphatic heterocycles. The Morgan fingerprint density at radius 3 is 2.12 bits per heavy atom. The number of nitrogens with one attached hydrogen (secondary N) is 1. The summed E-state index contributed by atoms with van der Waals surface area (Å²) in [5.41, 5.74) is 1.83. The van der Waals surface area contributed by atoms with Crippen LogP contribution < -0.4 is 5.32 Å². The van der Waals surface area contributed by atoms with Crippen molar-refractivity contribution < 1.29 is 0 Å². The monoisotopic (exact) mass is 211 g/mol. The number of hydrogen-bond donors (Lipinski definition) is 1. The molecule has 0 spiro atoms. The van der Waals surface area contributed by atoms with E-state index in [9.17, 15) is 0 Å². The lowest BCUT2D eigenvalue weighted by molar-refractivity contribution is 0.755. The fourth-order valence-electron chi connectivity index (χ4n) is 2.17. The van der Waals surface area contributed by atoms with Crippen LogP contribution in [0, 0.1) is 22.7 Å². The van der Waals surface area contributed by atoms with E-state index in [-0.39, 0.29) is 0 Å². The van der Waals surface area contributed by atoms with Crippen LogP contribution in [0.5, 0.6) is 0 Å². The van der Waals surface area contributed by atoms with Gasteiger partial charge in [-0.15, -0.1) is 0 Å². The van der Waals surface area contributed by atoms with Crippen LogP contribution in [-0.4, -0.2) is 6.04 Å². The summed E-state index contributed by atoms with van der Waals surface area (Å²) in [5, 5.41) is 21.4. The molecule has 1 saturated carbocycles. The molecule has 3 heteroatoms. The average Bonchev–Trinajstić information content (AvgIpc) is 2.82. The molecule has 1 N–H and O–H groups in total. The van der Waals surface area contributed by atoms with Crippen molar-refractivity contribution in [2.45, 2.75) is 31.7 Å². The summed E-state index contributed by atoms with van der Waals surface area (Å²) >= 11 is 0. The van der Waals surface area contributed by atoms with Crippen molar-refractivity contribution in [3.8, 4) is 12.1 Å². The smallest absolute Gasteiger partial charge is 0.101 e. The van der Waals surface area contributed by atoms with Crippen molar-refractivity contribution in [1.82, 2.24) is 0 Å². The minimum Gasteiger partial charge on any atom is -0.380 e. The molecule has 0 aromatic heterocycles. The average molecular weight is 211 g/mol. The van der Waals surface area contributed by atoms with E-state index < -0.39 is 0 Å². The van der Waals surface area contributed by atoms with Gasteiger partial charge in [0.05, 0.1) is 16.8 Å². The molecule has 1 aliphatic rings. The SMILES string of the molecule is N#Cc1cccc(C#N)c1NC1CCCC1. The Morgan fingerprint density at radius 2 is 1.62 bits per heavy atom. The second-order valence-electron chi connectivity index (χ2n) is 4.08. The molecular formula is C13H13N3. The quantitative estimate of drug-likeness (QED) is 0.818. The third-order valence-corrected chi connectivity index (χ3v) is 3.01. The highest BCUT2D eigenvalue weighted by atomic mass is 14.9. The molecule has 0 heterocycles. The van der Waals surface area contributed by atoms with Gasteiger partial charge in [-0.1, -0.05) is 18.9 Å². The van der Waals surface area contributed by atoms with Gasteiger partial charge in [0.1, 0.15) is 12.1 Å². The van der Waals surface area contributed by atoms with Gasteiger partial charge in [0.25, 0.3) is 0 Å². The standard InChI is InChI=1S/C13H13N3/c14-8-10-4-3-5-11(9-15)13(10)16-12-6-1-2-7-12/h3-5,12,16H,1-2,6-7H2. The number of hydrogen-bond acceptors (Lipinski definition) is 3. The highest BCUT2D eigenvalue weighted by Gasteiger charge is 2.17. The Balaban J connectivity index is 2.30. The molecule has 0 atom stereocenters. The van der Waals surface area contributed by atoms with Gasteiger partial charge in [0, 0.05) is 6.04 Å². The lowest BCUT2D eigenvalue weighted by atomic mass is 10.1. The van der Waals surface area contributed by atoms with Gasteiger partial charge in [0.2, 0.25) is 0 Å². The van der Waals surface area contributed by atoms with E-state index in [1.807, 2.05) is 0 Å². The summed E-state index contributed by atoms with van der Waals surface area (Å²) in [6, 6.07) is 9.92. The Bertz CT molecular complexity index is 427. The van der Waals surface area contributed by atoms with Crippen molar-refractivity contribution in [1.29, 1.82) is 10.5 Å². The predicted octanol–water partition coefficient (Wildman–Crippen LogP) is 2.78. The lowest BCUT2D eigenvalue weighted by Crippen LogP contribution is -2.16. The molecule has 1 aromatic carbocycles. The maximum atomic E-state index is 9.01. The summed E-state index contributed by atoms with van der Waals surface area (Å²) in [6.45, 7) is 0. The molecule has 1 fully saturated rings. The van der Waals surface area contributed by atoms with Crippen LogP contribution in [0.1, 0.15) is 36.8 Å². The topological polar surface area (TPSA) is 59.6 Å². The van der Waals surface area contributed by atoms with Gasteiger partial charge >= 0.3 is 0 Å². The van der Waals surface area contributed by atoms with E-state index >= 15 is 0 Å². The van der Waals surface area contributed by atoms with Crippen molar-refractivity contribution in [2.24, 2.45) is 0 Å². The van der Waals surface area contributed by atoms with E-state index in [4.69, 9.17) is 10.5 Å². The van der Waals surface area contributed by atoms with E-state index in [2.05, 4.69) is 17.5 Å². The fourth-order valence-corrected chi connectivity index (χ4v) is 2.17. The van der Waals surface area contributed by atoms with Crippen LogP contribution >= 0.6 is 0 Å². The summed E-state index contributed by atoms with van der Waals surface area (Å²) in [4.78, 5) is 0. The van der Waals surface area contributed by atoms with Gasteiger partial charge in [-0.25, -0.2) is 0 Å². The van der Waals surface area contributed by atoms with Crippen LogP contribution in [0.4, 0.5) is 5.69 Å². The minimum atomic E-state index is 0.418. The molecule has 1 aromatic rings. The maximum Gasteiger partial charge on any atom is 0.101 e. The molecule has 16 heavy (non-hydrogen) atoms. The number of anilines is 1. The van der Waals surface area contributed by atoms with Gasteiger partial charge in [-0.05, 0) is 25.0 Å². The van der Waals surface area contributed by atoms with Crippen LogP contribution in [0.2, 0.25) is 0 Å². The number of rotatable bonds is 2. The van der Waals surface area contributed by atoms with Crippen molar-refractivity contribution in [3.63, 3.8) is 0 Å². The molecule has 2 rings (SSSR count). The first-order valence-corrected chi connectivity index (χ1v) is 5.55. The Morgan fingerprint density at radius 1 is 1.06 bits per heavy atom. The summed E-state index contributed by atoms with van der Waals surface area (Å²) in [7, 11) is 0. The van der Waals surface area contributed by atoms with Crippen LogP contribution in [-0.2, 0) is 0 Å². The highest BCUT2D eigenvalue weighted by molar-refractivity contribution is 5.66. The second kappa shape index (κ2) is 4.68. The molecule has 0 bridgehead atoms. The number of para-hydroxylation sites is 1. The number of benzene rings is 1. The summed E-state index contributed by atoms with van der Waals surface area (Å²) in [5.74, 6) is 0. The van der Waals surface area contributed by atoms with E-state index in [1.54, 1.807) is 18.2 Å². The van der Waals surface area contributed by atoms with Crippen molar-refractivity contribution in [2.75, 3.05) is 5.32 Å². The van der Waals surface area contributed by atoms with E-state index in [0.29, 0.717) is 22.9 Å². The summed E-state index contributed by atoms with van der Waals surface area (Å²) < 4.78 is 0. The predicted molar refractivity (Wildman–Crippen MR) is 61.8 cm³/mol. The largest absolute Gasteiger partial charge is 0.380 e. The number of nitrogens with zero attached hydrogens (tertiary/aromatic N) is 2. The maximum absolute atomic E-state index is 9.01. The molecule has 0 saturated heterocycles. The van der Waals surface area contributed by atoms with Crippen LogP contribution in [0.15, 0.2) is 18.2 Å². The van der Waals surface area contributed by atoms with Gasteiger partial charge in [-0.3, -0.25) is 0 Å². The molecule has 1 aliphatic carbocycles. The fraction of sp³-hybridized carbons (Fsp3) is 0.385. The lowest BCUT2D eigenvalue weighted by Gasteiger charge is -2.15. The molecule has 3 nitrogen and oxygen atoms in total. The molecule has 0 radical (unpaired) electrons. The normalized spacial score (nSPS) is 15.4. The zero-order valence-electron chi connectivity index (χ0n) is 9.03. The molecule has 0 amide bonds. The first kappa shape index (κ1) is 10.5. The third-order valence-electron chi connectivity index (χ3n) is 3.01. The Kier molecular flexibility index (Phi) is 3.08. The zero-order chi connectivity index (χ0) is 11.4. The summed E-state index contributed by atoms with van der Waals surface area (Å²) in [6.07, 6.45) is 4.72. The van der Waals surface area contributed by atoms with E-state index in [0.717, 1.165) is 12.8 Å². The van der Waals surface area contributed by atoms with Crippen molar-refractivity contribution >= 4 is 5.69 Å². The minimum absolute atomic E-state index is 0.418. The van der Waals surface area contributed by atoms with Gasteiger partial charge in [-0.2, -0.15) is 10.5 Å². The number of nitriles is 2. The Labute approximate surface area is 95.3 Å². The van der Waals surface area contributed by atoms with Crippen LogP contribution in [0.25, 0.3) is 0 Å². The van der Waals surface area contributed by atoms with Crippen LogP contribution in [0.3, 0.4) is 0 Å². The molecule has 80 valence electrons. The van der Waals surface area contributed by atoms with Gasteiger partial charge in [0.15, 0.2) is 0 Å². The second-order valence-corrected chi connectivity index (χ2v) is 4.08. The first-order chi connectivity index (χ1) is 7.85. The molecule has 0 unspecified atom stereocenters. The molecular weight excluding hydrogens is 198 g/mol. The van der Waals surface area contributed by atoms with E-state index in [1.165, 1.54) is 12.8 Å². The van der Waals surface area contributed by atoms with Crippen molar-refractivity contribution in [3.05, 3.63) is 29.3 Å². The Hall–Kier alpha value is -2.00. The first-order valence-electron chi connectivity index (χ1n) is 5.55. The van der Waals surface area contributed by atoms with Gasteiger partial charge < -0.3 is 5.32 Å². The third kappa shape index (κ3) is 1.99. The highest BCUT2D eigenvalue weighted by Crippen LogP contribution is 2.26. The zero-order valence-corrected chi connectivity index (χ0v) is 9.03.